The average Bonchev–Trinajstić information content (AvgIpc) is 2.24. The lowest BCUT2D eigenvalue weighted by Gasteiger charge is -2.01. The van der Waals surface area contributed by atoms with Crippen LogP contribution in [-0.4, -0.2) is 17.3 Å². The molecule has 0 fully saturated rings. The Kier molecular flexibility index (Phi) is 5.63. The highest BCUT2D eigenvalue weighted by Gasteiger charge is 2.17. The van der Waals surface area contributed by atoms with E-state index >= 15 is 0 Å². The topological polar surface area (TPSA) is 51.2 Å². The third-order valence-electron chi connectivity index (χ3n) is 1.70. The summed E-state index contributed by atoms with van der Waals surface area (Å²) in [5.41, 5.74) is 0.0245. The van der Waals surface area contributed by atoms with Gasteiger partial charge in [0.05, 0.1) is 5.57 Å². The first-order chi connectivity index (χ1) is 7.43. The summed E-state index contributed by atoms with van der Waals surface area (Å²) in [4.78, 5) is 34.2. The third kappa shape index (κ3) is 4.00. The van der Waals surface area contributed by atoms with Crippen molar-refractivity contribution in [1.29, 1.82) is 0 Å². The Morgan fingerprint density at radius 2 is 1.75 bits per heavy atom. The molecule has 0 amide bonds. The van der Waals surface area contributed by atoms with Gasteiger partial charge in [-0.05, 0) is 31.6 Å². The van der Waals surface area contributed by atoms with Crippen LogP contribution >= 0.6 is 0 Å². The van der Waals surface area contributed by atoms with Crippen LogP contribution in [0.1, 0.15) is 13.8 Å². The van der Waals surface area contributed by atoms with Crippen molar-refractivity contribution < 1.29 is 14.4 Å². The average molecular weight is 218 g/mol. The van der Waals surface area contributed by atoms with Gasteiger partial charge < -0.3 is 0 Å². The molecule has 0 aliphatic heterocycles. The number of hydrogen-bond donors (Lipinski definition) is 0. The van der Waals surface area contributed by atoms with Crippen molar-refractivity contribution in [2.24, 2.45) is 0 Å². The van der Waals surface area contributed by atoms with Crippen molar-refractivity contribution in [3.8, 4) is 0 Å². The predicted octanol–water partition coefficient (Wildman–Crippen LogP) is 1.96. The van der Waals surface area contributed by atoms with Crippen LogP contribution in [0.15, 0.2) is 48.6 Å². The summed E-state index contributed by atoms with van der Waals surface area (Å²) in [5.74, 6) is -1.52. The zero-order valence-electron chi connectivity index (χ0n) is 9.45. The van der Waals surface area contributed by atoms with Crippen LogP contribution in [0.5, 0.6) is 0 Å². The summed E-state index contributed by atoms with van der Waals surface area (Å²) >= 11 is 0. The number of carbonyl (C=O) groups is 3. The van der Waals surface area contributed by atoms with E-state index in [1.165, 1.54) is 19.1 Å². The molecular weight excluding hydrogens is 204 g/mol. The molecule has 0 spiro atoms. The van der Waals surface area contributed by atoms with Gasteiger partial charge in [-0.1, -0.05) is 19.2 Å². The maximum absolute atomic E-state index is 11.6. The largest absolute Gasteiger partial charge is 0.290 e. The van der Waals surface area contributed by atoms with Gasteiger partial charge in [0.15, 0.2) is 17.3 Å². The number of hydrogen-bond acceptors (Lipinski definition) is 3. The Morgan fingerprint density at radius 1 is 1.19 bits per heavy atom. The molecule has 0 bridgehead atoms. The molecule has 0 aliphatic rings. The van der Waals surface area contributed by atoms with E-state index in [-0.39, 0.29) is 11.1 Å². The number of allylic oxidation sites excluding steroid dienone is 6. The molecule has 0 rings (SSSR count). The molecule has 0 saturated heterocycles. The molecule has 0 unspecified atom stereocenters. The minimum Gasteiger partial charge on any atom is -0.290 e. The fraction of sp³-hybridized carbons (Fsp3) is 0.154. The Morgan fingerprint density at radius 3 is 2.12 bits per heavy atom. The predicted molar refractivity (Wildman–Crippen MR) is 62.9 cm³/mol. The summed E-state index contributed by atoms with van der Waals surface area (Å²) in [6, 6.07) is 0. The SMILES string of the molecule is C=CC(=O)C=C(C(=O)C=CC)C(=O)C(=C)C. The van der Waals surface area contributed by atoms with E-state index in [0.717, 1.165) is 12.2 Å². The monoisotopic (exact) mass is 218 g/mol. The molecule has 3 heteroatoms. The molecule has 0 heterocycles. The first kappa shape index (κ1) is 14.0. The number of ketones is 3. The van der Waals surface area contributed by atoms with Gasteiger partial charge in [0.2, 0.25) is 0 Å². The van der Waals surface area contributed by atoms with Crippen LogP contribution in [0.3, 0.4) is 0 Å². The van der Waals surface area contributed by atoms with Crippen molar-refractivity contribution in [3.05, 3.63) is 48.6 Å². The second-order valence-corrected chi connectivity index (χ2v) is 3.14. The van der Waals surface area contributed by atoms with E-state index in [4.69, 9.17) is 0 Å². The summed E-state index contributed by atoms with van der Waals surface area (Å²) in [6.07, 6.45) is 4.74. The molecule has 0 aromatic carbocycles. The maximum Gasteiger partial charge on any atom is 0.192 e. The van der Waals surface area contributed by atoms with Gasteiger partial charge in [-0.3, -0.25) is 14.4 Å². The zero-order valence-corrected chi connectivity index (χ0v) is 9.45. The van der Waals surface area contributed by atoms with E-state index in [2.05, 4.69) is 13.2 Å². The van der Waals surface area contributed by atoms with Gasteiger partial charge in [-0.25, -0.2) is 0 Å². The summed E-state index contributed by atoms with van der Waals surface area (Å²) < 4.78 is 0. The summed E-state index contributed by atoms with van der Waals surface area (Å²) in [7, 11) is 0. The number of carbonyl (C=O) groups excluding carboxylic acids is 3. The molecular formula is C13H14O3. The van der Waals surface area contributed by atoms with Crippen molar-refractivity contribution in [1.82, 2.24) is 0 Å². The molecule has 0 saturated carbocycles. The van der Waals surface area contributed by atoms with Crippen molar-refractivity contribution in [3.63, 3.8) is 0 Å². The third-order valence-corrected chi connectivity index (χ3v) is 1.70. The van der Waals surface area contributed by atoms with Gasteiger partial charge >= 0.3 is 0 Å². The van der Waals surface area contributed by atoms with E-state index < -0.39 is 17.3 Å². The molecule has 84 valence electrons. The van der Waals surface area contributed by atoms with E-state index in [1.807, 2.05) is 0 Å². The second-order valence-electron chi connectivity index (χ2n) is 3.14. The quantitative estimate of drug-likeness (QED) is 0.389. The zero-order chi connectivity index (χ0) is 12.7. The summed E-state index contributed by atoms with van der Waals surface area (Å²) in [6.45, 7) is 9.85. The Hall–Kier alpha value is -2.03. The lowest BCUT2D eigenvalue weighted by atomic mass is 10.00. The smallest absolute Gasteiger partial charge is 0.192 e. The second kappa shape index (κ2) is 6.45. The first-order valence-electron chi connectivity index (χ1n) is 4.69. The van der Waals surface area contributed by atoms with Gasteiger partial charge in [-0.15, -0.1) is 0 Å². The van der Waals surface area contributed by atoms with E-state index in [1.54, 1.807) is 6.92 Å². The number of Topliss-reactive ketones (excluding diaryl/α,β-unsaturated/α-hetero) is 1. The first-order valence-corrected chi connectivity index (χ1v) is 4.69. The molecule has 0 aliphatic carbocycles. The Labute approximate surface area is 94.8 Å². The molecule has 0 N–H and O–H groups in total. The van der Waals surface area contributed by atoms with Crippen LogP contribution in [-0.2, 0) is 14.4 Å². The van der Waals surface area contributed by atoms with E-state index in [0.29, 0.717) is 0 Å². The molecule has 0 atom stereocenters. The standard InChI is InChI=1S/C13H14O3/c1-5-7-12(15)11(8-10(14)6-2)13(16)9(3)4/h5-8H,2-3H2,1,4H3. The lowest BCUT2D eigenvalue weighted by Crippen LogP contribution is -2.13. The molecule has 0 aromatic rings. The summed E-state index contributed by atoms with van der Waals surface area (Å²) in [5, 5.41) is 0. The highest BCUT2D eigenvalue weighted by molar-refractivity contribution is 6.31. The molecule has 0 radical (unpaired) electrons. The van der Waals surface area contributed by atoms with Crippen LogP contribution in [0, 0.1) is 0 Å². The van der Waals surface area contributed by atoms with E-state index in [9.17, 15) is 14.4 Å². The number of rotatable bonds is 6. The Bertz CT molecular complexity index is 409. The van der Waals surface area contributed by atoms with Gasteiger partial charge in [0, 0.05) is 6.08 Å². The fourth-order valence-electron chi connectivity index (χ4n) is 0.921. The van der Waals surface area contributed by atoms with Gasteiger partial charge in [0.1, 0.15) is 0 Å². The van der Waals surface area contributed by atoms with Crippen LogP contribution < -0.4 is 0 Å². The van der Waals surface area contributed by atoms with Crippen molar-refractivity contribution in [2.45, 2.75) is 13.8 Å². The van der Waals surface area contributed by atoms with Crippen molar-refractivity contribution in [2.75, 3.05) is 0 Å². The van der Waals surface area contributed by atoms with Crippen LogP contribution in [0.25, 0.3) is 0 Å². The molecule has 16 heavy (non-hydrogen) atoms. The highest BCUT2D eigenvalue weighted by Crippen LogP contribution is 2.07. The molecule has 3 nitrogen and oxygen atoms in total. The maximum atomic E-state index is 11.6. The van der Waals surface area contributed by atoms with Gasteiger partial charge in [0.25, 0.3) is 0 Å². The Balaban J connectivity index is 5.38. The van der Waals surface area contributed by atoms with Crippen molar-refractivity contribution >= 4 is 17.3 Å². The molecule has 0 aromatic heterocycles. The minimum absolute atomic E-state index is 0.185. The highest BCUT2D eigenvalue weighted by atomic mass is 16.2. The fourth-order valence-corrected chi connectivity index (χ4v) is 0.921. The van der Waals surface area contributed by atoms with Crippen LogP contribution in [0.2, 0.25) is 0 Å². The lowest BCUT2D eigenvalue weighted by molar-refractivity contribution is -0.118. The minimum atomic E-state index is -0.529. The van der Waals surface area contributed by atoms with Gasteiger partial charge in [-0.2, -0.15) is 0 Å². The normalized spacial score (nSPS) is 11.2. The van der Waals surface area contributed by atoms with Crippen LogP contribution in [0.4, 0.5) is 0 Å².